The Hall–Kier alpha value is -3.08. The number of hydrogen-bond donors (Lipinski definition) is 2. The molecule has 0 unspecified atom stereocenters. The fraction of sp³-hybridized carbons (Fsp3) is 0.111. The highest BCUT2D eigenvalue weighted by atomic mass is 15.4. The number of nitrogens with two attached hydrogens (primary N) is 1. The number of para-hydroxylation sites is 2. The lowest BCUT2D eigenvalue weighted by molar-refractivity contribution is 0.616. The first kappa shape index (κ1) is 13.6. The van der Waals surface area contributed by atoms with Crippen molar-refractivity contribution in [1.29, 1.82) is 0 Å². The number of anilines is 1. The maximum absolute atomic E-state index is 5.95. The molecule has 23 heavy (non-hydrogen) atoms. The molecule has 0 aliphatic carbocycles. The second-order valence-electron chi connectivity index (χ2n) is 5.61. The predicted octanol–water partition coefficient (Wildman–Crippen LogP) is 3.38. The van der Waals surface area contributed by atoms with Gasteiger partial charge in [-0.1, -0.05) is 48.5 Å². The number of hydrogen-bond acceptors (Lipinski definition) is 4. The van der Waals surface area contributed by atoms with Gasteiger partial charge in [0.25, 0.3) is 0 Å². The molecule has 3 N–H and O–H groups in total. The van der Waals surface area contributed by atoms with E-state index >= 15 is 0 Å². The van der Waals surface area contributed by atoms with Gasteiger partial charge < -0.3 is 5.73 Å². The summed E-state index contributed by atoms with van der Waals surface area (Å²) in [6.45, 7) is 2.07. The number of aliphatic imine (C=N–C) groups is 1. The first-order valence-electron chi connectivity index (χ1n) is 7.53. The van der Waals surface area contributed by atoms with Crippen molar-refractivity contribution in [2.45, 2.75) is 13.1 Å². The highest BCUT2D eigenvalue weighted by molar-refractivity contribution is 5.94. The summed E-state index contributed by atoms with van der Waals surface area (Å²) in [6.07, 6.45) is 1.93. The third-order valence-electron chi connectivity index (χ3n) is 3.94. The van der Waals surface area contributed by atoms with Crippen LogP contribution in [-0.4, -0.2) is 15.5 Å². The SMILES string of the molecule is C/C(=C/c1ccccc1)[C@H]1N=C(N)Nc2nc3ccccc3n21. The first-order chi connectivity index (χ1) is 11.2. The van der Waals surface area contributed by atoms with Crippen LogP contribution in [0.4, 0.5) is 5.95 Å². The zero-order valence-corrected chi connectivity index (χ0v) is 12.8. The van der Waals surface area contributed by atoms with Gasteiger partial charge in [0, 0.05) is 0 Å². The highest BCUT2D eigenvalue weighted by Gasteiger charge is 2.24. The van der Waals surface area contributed by atoms with E-state index in [1.165, 1.54) is 0 Å². The van der Waals surface area contributed by atoms with Gasteiger partial charge in [-0.25, -0.2) is 9.98 Å². The second kappa shape index (κ2) is 5.28. The highest BCUT2D eigenvalue weighted by Crippen LogP contribution is 2.32. The van der Waals surface area contributed by atoms with Crippen LogP contribution in [0.5, 0.6) is 0 Å². The van der Waals surface area contributed by atoms with Crippen molar-refractivity contribution in [2.24, 2.45) is 10.7 Å². The van der Waals surface area contributed by atoms with Gasteiger partial charge >= 0.3 is 0 Å². The van der Waals surface area contributed by atoms with Gasteiger partial charge in [-0.05, 0) is 30.2 Å². The van der Waals surface area contributed by atoms with Crippen LogP contribution in [0.3, 0.4) is 0 Å². The van der Waals surface area contributed by atoms with Crippen molar-refractivity contribution in [2.75, 3.05) is 5.32 Å². The molecule has 0 saturated heterocycles. The van der Waals surface area contributed by atoms with E-state index in [4.69, 9.17) is 5.73 Å². The summed E-state index contributed by atoms with van der Waals surface area (Å²) in [5, 5.41) is 3.05. The zero-order valence-electron chi connectivity index (χ0n) is 12.8. The van der Waals surface area contributed by atoms with Crippen LogP contribution in [0, 0.1) is 0 Å². The lowest BCUT2D eigenvalue weighted by atomic mass is 10.1. The van der Waals surface area contributed by atoms with Gasteiger partial charge in [0.05, 0.1) is 11.0 Å². The molecule has 114 valence electrons. The number of imidazole rings is 1. The Bertz CT molecular complexity index is 921. The Balaban J connectivity index is 1.85. The fourth-order valence-electron chi connectivity index (χ4n) is 2.91. The maximum atomic E-state index is 5.95. The van der Waals surface area contributed by atoms with Crippen LogP contribution < -0.4 is 11.1 Å². The number of nitrogens with one attached hydrogen (secondary N) is 1. The van der Waals surface area contributed by atoms with Crippen molar-refractivity contribution >= 4 is 29.0 Å². The topological polar surface area (TPSA) is 68.2 Å². The van der Waals surface area contributed by atoms with Crippen LogP contribution in [0.1, 0.15) is 18.7 Å². The number of guanidine groups is 1. The molecule has 0 radical (unpaired) electrons. The summed E-state index contributed by atoms with van der Waals surface area (Å²) < 4.78 is 2.08. The Morgan fingerprint density at radius 1 is 1.13 bits per heavy atom. The normalized spacial score (nSPS) is 17.5. The van der Waals surface area contributed by atoms with E-state index in [2.05, 4.69) is 45.0 Å². The predicted molar refractivity (Wildman–Crippen MR) is 94.1 cm³/mol. The molecule has 2 aromatic carbocycles. The molecular weight excluding hydrogens is 286 g/mol. The largest absolute Gasteiger partial charge is 0.370 e. The summed E-state index contributed by atoms with van der Waals surface area (Å²) in [5.74, 6) is 1.11. The molecule has 0 spiro atoms. The smallest absolute Gasteiger partial charge is 0.212 e. The number of fused-ring (bicyclic) bond motifs is 3. The zero-order chi connectivity index (χ0) is 15.8. The Morgan fingerprint density at radius 2 is 1.87 bits per heavy atom. The van der Waals surface area contributed by atoms with E-state index < -0.39 is 0 Å². The van der Waals surface area contributed by atoms with Crippen molar-refractivity contribution < 1.29 is 0 Å². The summed E-state index contributed by atoms with van der Waals surface area (Å²) in [6, 6.07) is 18.2. The van der Waals surface area contributed by atoms with Crippen LogP contribution in [-0.2, 0) is 0 Å². The van der Waals surface area contributed by atoms with Crippen molar-refractivity contribution in [3.63, 3.8) is 0 Å². The molecule has 0 bridgehead atoms. The number of aromatic nitrogens is 2. The lowest BCUT2D eigenvalue weighted by Gasteiger charge is -2.24. The van der Waals surface area contributed by atoms with Gasteiger partial charge in [-0.15, -0.1) is 0 Å². The molecule has 1 aliphatic rings. The quantitative estimate of drug-likeness (QED) is 0.762. The number of nitrogens with zero attached hydrogens (tertiary/aromatic N) is 3. The van der Waals surface area contributed by atoms with E-state index in [1.807, 2.05) is 42.5 Å². The average molecular weight is 303 g/mol. The maximum Gasteiger partial charge on any atom is 0.212 e. The summed E-state index contributed by atoms with van der Waals surface area (Å²) in [7, 11) is 0. The van der Waals surface area contributed by atoms with Gasteiger partial charge in [-0.3, -0.25) is 9.88 Å². The lowest BCUT2D eigenvalue weighted by Crippen LogP contribution is -2.31. The Morgan fingerprint density at radius 3 is 2.70 bits per heavy atom. The molecule has 0 saturated carbocycles. The number of benzene rings is 2. The van der Waals surface area contributed by atoms with Gasteiger partial charge in [0.2, 0.25) is 5.95 Å². The van der Waals surface area contributed by atoms with Crippen LogP contribution in [0.15, 0.2) is 65.2 Å². The standard InChI is InChI=1S/C18H17N5/c1-12(11-13-7-3-2-4-8-13)16-21-17(19)22-18-20-14-9-5-6-10-15(14)23(16)18/h2-11,16H,1H3,(H3,19,20,21,22)/b12-11-/t16-/m0/s1. The number of rotatable bonds is 2. The third-order valence-corrected chi connectivity index (χ3v) is 3.94. The summed E-state index contributed by atoms with van der Waals surface area (Å²) in [5.41, 5.74) is 10.2. The molecular formula is C18H17N5. The van der Waals surface area contributed by atoms with E-state index in [-0.39, 0.29) is 6.17 Å². The van der Waals surface area contributed by atoms with Gasteiger partial charge in [-0.2, -0.15) is 0 Å². The summed E-state index contributed by atoms with van der Waals surface area (Å²) in [4.78, 5) is 9.19. The minimum Gasteiger partial charge on any atom is -0.370 e. The molecule has 4 rings (SSSR count). The average Bonchev–Trinajstić information content (AvgIpc) is 2.93. The van der Waals surface area contributed by atoms with E-state index in [1.54, 1.807) is 0 Å². The monoisotopic (exact) mass is 303 g/mol. The van der Waals surface area contributed by atoms with E-state index in [9.17, 15) is 0 Å². The molecule has 1 atom stereocenters. The summed E-state index contributed by atoms with van der Waals surface area (Å²) >= 11 is 0. The molecule has 1 aromatic heterocycles. The third kappa shape index (κ3) is 2.36. The van der Waals surface area contributed by atoms with Crippen molar-refractivity contribution in [1.82, 2.24) is 9.55 Å². The minimum atomic E-state index is -0.196. The molecule has 0 amide bonds. The van der Waals surface area contributed by atoms with E-state index in [0.717, 1.165) is 28.1 Å². The van der Waals surface area contributed by atoms with Crippen molar-refractivity contribution in [3.05, 3.63) is 65.7 Å². The Labute approximate surface area is 134 Å². The molecule has 0 fully saturated rings. The van der Waals surface area contributed by atoms with Gasteiger partial charge in [0.15, 0.2) is 12.1 Å². The molecule has 5 heteroatoms. The fourth-order valence-corrected chi connectivity index (χ4v) is 2.91. The molecule has 3 aromatic rings. The molecule has 2 heterocycles. The minimum absolute atomic E-state index is 0.196. The molecule has 5 nitrogen and oxygen atoms in total. The molecule has 1 aliphatic heterocycles. The second-order valence-corrected chi connectivity index (χ2v) is 5.61. The Kier molecular flexibility index (Phi) is 3.12. The van der Waals surface area contributed by atoms with Gasteiger partial charge in [0.1, 0.15) is 0 Å². The first-order valence-corrected chi connectivity index (χ1v) is 7.53. The van der Waals surface area contributed by atoms with E-state index in [0.29, 0.717) is 5.96 Å². The van der Waals surface area contributed by atoms with Crippen LogP contribution in [0.2, 0.25) is 0 Å². The van der Waals surface area contributed by atoms with Crippen LogP contribution >= 0.6 is 0 Å². The van der Waals surface area contributed by atoms with Crippen LogP contribution in [0.25, 0.3) is 17.1 Å². The van der Waals surface area contributed by atoms with Crippen molar-refractivity contribution in [3.8, 4) is 0 Å².